The Morgan fingerprint density at radius 3 is 2.44 bits per heavy atom. The zero-order valence-electron chi connectivity index (χ0n) is 15.5. The Morgan fingerprint density at radius 1 is 0.960 bits per heavy atom. The van der Waals surface area contributed by atoms with Gasteiger partial charge >= 0.3 is 0 Å². The number of rotatable bonds is 11. The summed E-state index contributed by atoms with van der Waals surface area (Å²) in [5.41, 5.74) is 2.18. The zero-order chi connectivity index (χ0) is 17.9. The second-order valence-electron chi connectivity index (χ2n) is 5.87. The van der Waals surface area contributed by atoms with Crippen LogP contribution in [0.1, 0.15) is 32.8 Å². The van der Waals surface area contributed by atoms with E-state index in [1.54, 1.807) is 0 Å². The van der Waals surface area contributed by atoms with E-state index >= 15 is 0 Å². The molecule has 0 bridgehead atoms. The van der Waals surface area contributed by atoms with Gasteiger partial charge in [-0.2, -0.15) is 0 Å². The van der Waals surface area contributed by atoms with Crippen LogP contribution in [0.3, 0.4) is 0 Å². The molecule has 0 aliphatic carbocycles. The van der Waals surface area contributed by atoms with Gasteiger partial charge in [0.05, 0.1) is 12.7 Å². The molecular formula is C21H29NO3. The Kier molecular flexibility index (Phi) is 8.13. The van der Waals surface area contributed by atoms with E-state index in [2.05, 4.69) is 25.2 Å². The lowest BCUT2D eigenvalue weighted by Crippen LogP contribution is -2.10. The van der Waals surface area contributed by atoms with Gasteiger partial charge in [-0.05, 0) is 50.6 Å². The maximum atomic E-state index is 5.82. The summed E-state index contributed by atoms with van der Waals surface area (Å²) in [5, 5.41) is 3.43. The Hall–Kier alpha value is -2.20. The molecule has 25 heavy (non-hydrogen) atoms. The quantitative estimate of drug-likeness (QED) is 0.590. The van der Waals surface area contributed by atoms with E-state index in [1.165, 1.54) is 0 Å². The molecular weight excluding hydrogens is 314 g/mol. The number of hydrogen-bond acceptors (Lipinski definition) is 4. The zero-order valence-corrected chi connectivity index (χ0v) is 15.5. The van der Waals surface area contributed by atoms with Crippen molar-refractivity contribution < 1.29 is 14.2 Å². The molecule has 0 saturated carbocycles. The number of benzene rings is 2. The predicted octanol–water partition coefficient (Wildman–Crippen LogP) is 4.89. The van der Waals surface area contributed by atoms with Gasteiger partial charge in [0.1, 0.15) is 18.1 Å². The third-order valence-corrected chi connectivity index (χ3v) is 3.91. The first-order chi connectivity index (χ1) is 12.2. The Balaban J connectivity index is 1.88. The standard InChI is InChI=1S/C21H29NO3/c1-4-17(3)25-20-12-10-19(11-13-20)22-16-18-8-6-7-9-21(18)24-15-14-23-5-2/h6-13,17,22H,4-5,14-16H2,1-3H3. The highest BCUT2D eigenvalue weighted by molar-refractivity contribution is 5.48. The van der Waals surface area contributed by atoms with Crippen LogP contribution in [-0.2, 0) is 11.3 Å². The molecule has 0 aliphatic heterocycles. The van der Waals surface area contributed by atoms with Crippen LogP contribution in [0.5, 0.6) is 11.5 Å². The topological polar surface area (TPSA) is 39.7 Å². The van der Waals surface area contributed by atoms with Gasteiger partial charge in [-0.25, -0.2) is 0 Å². The summed E-state index contributed by atoms with van der Waals surface area (Å²) < 4.78 is 16.9. The van der Waals surface area contributed by atoms with Gasteiger partial charge in [-0.3, -0.25) is 0 Å². The molecule has 2 aromatic carbocycles. The van der Waals surface area contributed by atoms with Crippen molar-refractivity contribution in [1.29, 1.82) is 0 Å². The maximum absolute atomic E-state index is 5.82. The van der Waals surface area contributed by atoms with Gasteiger partial charge in [0, 0.05) is 24.4 Å². The highest BCUT2D eigenvalue weighted by Gasteiger charge is 2.04. The molecule has 0 radical (unpaired) electrons. The Bertz CT molecular complexity index is 613. The van der Waals surface area contributed by atoms with Crippen LogP contribution in [0.15, 0.2) is 48.5 Å². The summed E-state index contributed by atoms with van der Waals surface area (Å²) in [5.74, 6) is 1.80. The first-order valence-electron chi connectivity index (χ1n) is 9.02. The average molecular weight is 343 g/mol. The van der Waals surface area contributed by atoms with E-state index in [1.807, 2.05) is 49.4 Å². The van der Waals surface area contributed by atoms with Crippen molar-refractivity contribution in [2.24, 2.45) is 0 Å². The van der Waals surface area contributed by atoms with E-state index in [4.69, 9.17) is 14.2 Å². The summed E-state index contributed by atoms with van der Waals surface area (Å²) in [4.78, 5) is 0. The molecule has 0 heterocycles. The van der Waals surface area contributed by atoms with Gasteiger partial charge in [0.2, 0.25) is 0 Å². The first kappa shape index (κ1) is 19.1. The number of para-hydroxylation sites is 1. The second kappa shape index (κ2) is 10.6. The Morgan fingerprint density at radius 2 is 1.72 bits per heavy atom. The molecule has 1 atom stereocenters. The second-order valence-corrected chi connectivity index (χ2v) is 5.87. The lowest BCUT2D eigenvalue weighted by Gasteiger charge is -2.14. The fourth-order valence-electron chi connectivity index (χ4n) is 2.31. The smallest absolute Gasteiger partial charge is 0.124 e. The third kappa shape index (κ3) is 6.67. The van der Waals surface area contributed by atoms with Crippen molar-refractivity contribution in [2.45, 2.75) is 39.8 Å². The molecule has 0 saturated heterocycles. The molecule has 1 unspecified atom stereocenters. The van der Waals surface area contributed by atoms with Crippen LogP contribution in [-0.4, -0.2) is 25.9 Å². The van der Waals surface area contributed by atoms with Crippen LogP contribution in [0.4, 0.5) is 5.69 Å². The van der Waals surface area contributed by atoms with Gasteiger partial charge in [0.15, 0.2) is 0 Å². The summed E-state index contributed by atoms with van der Waals surface area (Å²) >= 11 is 0. The van der Waals surface area contributed by atoms with Crippen LogP contribution in [0, 0.1) is 0 Å². The minimum atomic E-state index is 0.236. The number of nitrogens with one attached hydrogen (secondary N) is 1. The summed E-state index contributed by atoms with van der Waals surface area (Å²) in [6.45, 7) is 8.77. The molecule has 0 amide bonds. The number of hydrogen-bond donors (Lipinski definition) is 1. The van der Waals surface area contributed by atoms with E-state index in [-0.39, 0.29) is 6.10 Å². The predicted molar refractivity (Wildman–Crippen MR) is 103 cm³/mol. The van der Waals surface area contributed by atoms with Gasteiger partial charge in [0.25, 0.3) is 0 Å². The highest BCUT2D eigenvalue weighted by atomic mass is 16.5. The van der Waals surface area contributed by atoms with Crippen LogP contribution in [0.25, 0.3) is 0 Å². The van der Waals surface area contributed by atoms with Gasteiger partial charge in [-0.15, -0.1) is 0 Å². The van der Waals surface area contributed by atoms with Crippen molar-refractivity contribution in [3.63, 3.8) is 0 Å². The molecule has 0 aliphatic rings. The SMILES string of the molecule is CCOCCOc1ccccc1CNc1ccc(OC(C)CC)cc1. The fourth-order valence-corrected chi connectivity index (χ4v) is 2.31. The van der Waals surface area contributed by atoms with Gasteiger partial charge in [-0.1, -0.05) is 25.1 Å². The lowest BCUT2D eigenvalue weighted by atomic mass is 10.2. The molecule has 1 N–H and O–H groups in total. The van der Waals surface area contributed by atoms with Crippen LogP contribution in [0.2, 0.25) is 0 Å². The lowest BCUT2D eigenvalue weighted by molar-refractivity contribution is 0.110. The summed E-state index contributed by atoms with van der Waals surface area (Å²) in [6, 6.07) is 16.1. The van der Waals surface area contributed by atoms with E-state index < -0.39 is 0 Å². The first-order valence-corrected chi connectivity index (χ1v) is 9.02. The van der Waals surface area contributed by atoms with Crippen molar-refractivity contribution in [3.05, 3.63) is 54.1 Å². The van der Waals surface area contributed by atoms with E-state index in [0.29, 0.717) is 26.4 Å². The maximum Gasteiger partial charge on any atom is 0.124 e. The van der Waals surface area contributed by atoms with Crippen LogP contribution < -0.4 is 14.8 Å². The molecule has 4 nitrogen and oxygen atoms in total. The molecule has 0 aromatic heterocycles. The summed E-state index contributed by atoms with van der Waals surface area (Å²) in [7, 11) is 0. The monoisotopic (exact) mass is 343 g/mol. The van der Waals surface area contributed by atoms with Gasteiger partial charge < -0.3 is 19.5 Å². The molecule has 2 rings (SSSR count). The number of ether oxygens (including phenoxy) is 3. The molecule has 2 aromatic rings. The van der Waals surface area contributed by atoms with Crippen molar-refractivity contribution >= 4 is 5.69 Å². The van der Waals surface area contributed by atoms with Crippen molar-refractivity contribution in [1.82, 2.24) is 0 Å². The van der Waals surface area contributed by atoms with Crippen molar-refractivity contribution in [2.75, 3.05) is 25.1 Å². The minimum Gasteiger partial charge on any atom is -0.491 e. The molecule has 4 heteroatoms. The molecule has 136 valence electrons. The van der Waals surface area contributed by atoms with Crippen molar-refractivity contribution in [3.8, 4) is 11.5 Å². The Labute approximate surface area is 151 Å². The fraction of sp³-hybridized carbons (Fsp3) is 0.429. The summed E-state index contributed by atoms with van der Waals surface area (Å²) in [6.07, 6.45) is 1.24. The normalized spacial score (nSPS) is 11.8. The highest BCUT2D eigenvalue weighted by Crippen LogP contribution is 2.21. The molecule has 0 spiro atoms. The largest absolute Gasteiger partial charge is 0.491 e. The molecule has 0 fully saturated rings. The van der Waals surface area contributed by atoms with E-state index in [9.17, 15) is 0 Å². The van der Waals surface area contributed by atoms with E-state index in [0.717, 1.165) is 29.2 Å². The van der Waals surface area contributed by atoms with Crippen LogP contribution >= 0.6 is 0 Å². The minimum absolute atomic E-state index is 0.236. The average Bonchev–Trinajstić information content (AvgIpc) is 2.65. The third-order valence-electron chi connectivity index (χ3n) is 3.91. The number of anilines is 1.